The Balaban J connectivity index is 2.26. The fourth-order valence-corrected chi connectivity index (χ4v) is 2.09. The zero-order valence-electron chi connectivity index (χ0n) is 11.6. The van der Waals surface area contributed by atoms with E-state index in [0.717, 1.165) is 17.9 Å². The lowest BCUT2D eigenvalue weighted by molar-refractivity contribution is 0.628. The summed E-state index contributed by atoms with van der Waals surface area (Å²) in [5, 5.41) is 3.16. The molecule has 100 valence electrons. The summed E-state index contributed by atoms with van der Waals surface area (Å²) >= 11 is 0. The molecule has 2 nitrogen and oxygen atoms in total. The molecule has 0 unspecified atom stereocenters. The first kappa shape index (κ1) is 13.6. The van der Waals surface area contributed by atoms with Crippen molar-refractivity contribution in [1.29, 1.82) is 0 Å². The summed E-state index contributed by atoms with van der Waals surface area (Å²) in [7, 11) is 3.93. The number of aryl methyl sites for hydroxylation is 1. The minimum Gasteiger partial charge on any atom is -0.345 e. The molecule has 0 radical (unpaired) electrons. The van der Waals surface area contributed by atoms with Crippen molar-refractivity contribution in [3.05, 3.63) is 59.4 Å². The molecular weight excluding hydrogens is 239 g/mol. The SMILES string of the molecule is CNCc1ccc(N(C)c2ccc(F)cc2)cc1C. The van der Waals surface area contributed by atoms with Gasteiger partial charge >= 0.3 is 0 Å². The molecule has 2 rings (SSSR count). The van der Waals surface area contributed by atoms with Crippen LogP contribution in [-0.2, 0) is 6.54 Å². The second kappa shape index (κ2) is 5.85. The Labute approximate surface area is 113 Å². The predicted octanol–water partition coefficient (Wildman–Crippen LogP) is 3.62. The summed E-state index contributed by atoms with van der Waals surface area (Å²) in [4.78, 5) is 2.05. The van der Waals surface area contributed by atoms with Crippen LogP contribution in [0.15, 0.2) is 42.5 Å². The van der Waals surface area contributed by atoms with E-state index >= 15 is 0 Å². The minimum absolute atomic E-state index is 0.210. The highest BCUT2D eigenvalue weighted by Crippen LogP contribution is 2.25. The molecule has 0 aliphatic rings. The quantitative estimate of drug-likeness (QED) is 0.901. The molecule has 0 saturated heterocycles. The smallest absolute Gasteiger partial charge is 0.123 e. The molecule has 0 spiro atoms. The molecule has 19 heavy (non-hydrogen) atoms. The van der Waals surface area contributed by atoms with Crippen LogP contribution in [-0.4, -0.2) is 14.1 Å². The van der Waals surface area contributed by atoms with Gasteiger partial charge in [0.05, 0.1) is 0 Å². The van der Waals surface area contributed by atoms with Gasteiger partial charge in [-0.1, -0.05) is 6.07 Å². The molecule has 0 atom stereocenters. The molecule has 2 aromatic rings. The molecule has 0 amide bonds. The van der Waals surface area contributed by atoms with Gasteiger partial charge < -0.3 is 10.2 Å². The van der Waals surface area contributed by atoms with E-state index in [2.05, 4.69) is 35.3 Å². The second-order valence-corrected chi connectivity index (χ2v) is 4.68. The van der Waals surface area contributed by atoms with Gasteiger partial charge in [0.1, 0.15) is 5.82 Å². The van der Waals surface area contributed by atoms with Gasteiger partial charge in [-0.25, -0.2) is 4.39 Å². The zero-order valence-corrected chi connectivity index (χ0v) is 11.6. The van der Waals surface area contributed by atoms with Crippen LogP contribution in [0.2, 0.25) is 0 Å². The van der Waals surface area contributed by atoms with Gasteiger partial charge in [0, 0.05) is 25.0 Å². The third-order valence-electron chi connectivity index (χ3n) is 3.29. The standard InChI is InChI=1S/C16H19FN2/c1-12-10-16(7-4-13(12)11-18-2)19(3)15-8-5-14(17)6-9-15/h4-10,18H,11H2,1-3H3. The van der Waals surface area contributed by atoms with E-state index in [1.807, 2.05) is 14.1 Å². The topological polar surface area (TPSA) is 15.3 Å². The Kier molecular flexibility index (Phi) is 4.17. The Morgan fingerprint density at radius 2 is 1.68 bits per heavy atom. The zero-order chi connectivity index (χ0) is 13.8. The number of nitrogens with one attached hydrogen (secondary N) is 1. The molecule has 0 aromatic heterocycles. The van der Waals surface area contributed by atoms with Crippen molar-refractivity contribution in [3.8, 4) is 0 Å². The number of hydrogen-bond donors (Lipinski definition) is 1. The molecule has 0 saturated carbocycles. The van der Waals surface area contributed by atoms with Crippen LogP contribution in [0.25, 0.3) is 0 Å². The number of hydrogen-bond acceptors (Lipinski definition) is 2. The molecular formula is C16H19FN2. The molecule has 0 aliphatic carbocycles. The molecule has 3 heteroatoms. The maximum absolute atomic E-state index is 12.9. The Hall–Kier alpha value is -1.87. The van der Waals surface area contributed by atoms with Crippen LogP contribution in [0.3, 0.4) is 0 Å². The largest absolute Gasteiger partial charge is 0.345 e. The number of rotatable bonds is 4. The molecule has 0 heterocycles. The number of anilines is 2. The van der Waals surface area contributed by atoms with E-state index < -0.39 is 0 Å². The van der Waals surface area contributed by atoms with Crippen molar-refractivity contribution in [2.24, 2.45) is 0 Å². The highest BCUT2D eigenvalue weighted by molar-refractivity contribution is 5.63. The van der Waals surface area contributed by atoms with E-state index in [1.54, 1.807) is 12.1 Å². The lowest BCUT2D eigenvalue weighted by atomic mass is 10.1. The first-order valence-corrected chi connectivity index (χ1v) is 6.35. The van der Waals surface area contributed by atoms with Crippen molar-refractivity contribution < 1.29 is 4.39 Å². The summed E-state index contributed by atoms with van der Waals surface area (Å²) in [6.45, 7) is 2.97. The van der Waals surface area contributed by atoms with Crippen LogP contribution < -0.4 is 10.2 Å². The van der Waals surface area contributed by atoms with Crippen molar-refractivity contribution in [1.82, 2.24) is 5.32 Å². The molecule has 0 bridgehead atoms. The van der Waals surface area contributed by atoms with Gasteiger partial charge in [-0.3, -0.25) is 0 Å². The van der Waals surface area contributed by atoms with Crippen LogP contribution in [0.4, 0.5) is 15.8 Å². The summed E-state index contributed by atoms with van der Waals surface area (Å²) in [6.07, 6.45) is 0. The lowest BCUT2D eigenvalue weighted by Crippen LogP contribution is -2.11. The number of nitrogens with zero attached hydrogens (tertiary/aromatic N) is 1. The molecule has 2 aromatic carbocycles. The Morgan fingerprint density at radius 1 is 1.05 bits per heavy atom. The highest BCUT2D eigenvalue weighted by atomic mass is 19.1. The number of benzene rings is 2. The molecule has 1 N–H and O–H groups in total. The summed E-state index contributed by atoms with van der Waals surface area (Å²) in [5.41, 5.74) is 4.62. The van der Waals surface area contributed by atoms with E-state index in [9.17, 15) is 4.39 Å². The van der Waals surface area contributed by atoms with Gasteiger partial charge in [0.2, 0.25) is 0 Å². The average molecular weight is 258 g/mol. The monoisotopic (exact) mass is 258 g/mol. The average Bonchev–Trinajstić information content (AvgIpc) is 2.41. The van der Waals surface area contributed by atoms with Gasteiger partial charge in [-0.05, 0) is 61.5 Å². The summed E-state index contributed by atoms with van der Waals surface area (Å²) < 4.78 is 12.9. The number of halogens is 1. The van der Waals surface area contributed by atoms with E-state index in [-0.39, 0.29) is 5.82 Å². The molecule has 0 aliphatic heterocycles. The first-order valence-electron chi connectivity index (χ1n) is 6.35. The third-order valence-corrected chi connectivity index (χ3v) is 3.29. The maximum atomic E-state index is 12.9. The van der Waals surface area contributed by atoms with Gasteiger partial charge in [-0.15, -0.1) is 0 Å². The van der Waals surface area contributed by atoms with Crippen molar-refractivity contribution >= 4 is 11.4 Å². The van der Waals surface area contributed by atoms with E-state index in [0.29, 0.717) is 0 Å². The fraction of sp³-hybridized carbons (Fsp3) is 0.250. The normalized spacial score (nSPS) is 10.5. The first-order chi connectivity index (χ1) is 9.11. The van der Waals surface area contributed by atoms with E-state index in [4.69, 9.17) is 0 Å². The van der Waals surface area contributed by atoms with Gasteiger partial charge in [-0.2, -0.15) is 0 Å². The Morgan fingerprint density at radius 3 is 2.26 bits per heavy atom. The van der Waals surface area contributed by atoms with Crippen molar-refractivity contribution in [2.75, 3.05) is 19.0 Å². The highest BCUT2D eigenvalue weighted by Gasteiger charge is 2.06. The van der Waals surface area contributed by atoms with Crippen LogP contribution >= 0.6 is 0 Å². The fourth-order valence-electron chi connectivity index (χ4n) is 2.09. The lowest BCUT2D eigenvalue weighted by Gasteiger charge is -2.21. The summed E-state index contributed by atoms with van der Waals surface area (Å²) in [6, 6.07) is 12.9. The predicted molar refractivity (Wildman–Crippen MR) is 78.4 cm³/mol. The maximum Gasteiger partial charge on any atom is 0.123 e. The second-order valence-electron chi connectivity index (χ2n) is 4.68. The van der Waals surface area contributed by atoms with Crippen molar-refractivity contribution in [3.63, 3.8) is 0 Å². The third kappa shape index (κ3) is 3.12. The van der Waals surface area contributed by atoms with Crippen LogP contribution in [0, 0.1) is 12.7 Å². The van der Waals surface area contributed by atoms with E-state index in [1.165, 1.54) is 23.3 Å². The van der Waals surface area contributed by atoms with Crippen LogP contribution in [0.1, 0.15) is 11.1 Å². The van der Waals surface area contributed by atoms with Crippen LogP contribution in [0.5, 0.6) is 0 Å². The van der Waals surface area contributed by atoms with Gasteiger partial charge in [0.15, 0.2) is 0 Å². The Bertz CT molecular complexity index is 549. The summed E-state index contributed by atoms with van der Waals surface area (Å²) in [5.74, 6) is -0.210. The van der Waals surface area contributed by atoms with Crippen molar-refractivity contribution in [2.45, 2.75) is 13.5 Å². The van der Waals surface area contributed by atoms with Gasteiger partial charge in [0.25, 0.3) is 0 Å². The molecule has 0 fully saturated rings. The minimum atomic E-state index is -0.210.